The highest BCUT2D eigenvalue weighted by atomic mass is 15.0. The molecule has 3 aliphatic carbocycles. The molecule has 0 aliphatic heterocycles. The first-order chi connectivity index (χ1) is 24.7. The minimum absolute atomic E-state index is 0.158. The Balaban J connectivity index is 1.18. The van der Waals surface area contributed by atoms with Crippen molar-refractivity contribution in [1.82, 2.24) is 9.13 Å². The number of fused-ring (bicyclic) bond motifs is 6. The highest BCUT2D eigenvalue weighted by Gasteiger charge is 2.29. The molecule has 0 fully saturated rings. The van der Waals surface area contributed by atoms with Crippen molar-refractivity contribution in [2.24, 2.45) is 5.92 Å². The Morgan fingerprint density at radius 1 is 0.700 bits per heavy atom. The van der Waals surface area contributed by atoms with Gasteiger partial charge in [-0.15, -0.1) is 0 Å². The summed E-state index contributed by atoms with van der Waals surface area (Å²) in [5.41, 5.74) is 13.5. The van der Waals surface area contributed by atoms with Crippen molar-refractivity contribution in [3.05, 3.63) is 155 Å². The van der Waals surface area contributed by atoms with Crippen LogP contribution in [0.4, 0.5) is 0 Å². The van der Waals surface area contributed by atoms with E-state index in [1.807, 2.05) is 30.3 Å². The number of allylic oxidation sites excluding steroid dienone is 6. The summed E-state index contributed by atoms with van der Waals surface area (Å²) >= 11 is 0. The minimum atomic E-state index is -0.397. The van der Waals surface area contributed by atoms with Crippen LogP contribution in [0.25, 0.3) is 56.5 Å². The summed E-state index contributed by atoms with van der Waals surface area (Å²) in [6.07, 6.45) is 19.0. The van der Waals surface area contributed by atoms with E-state index >= 15 is 0 Å². The van der Waals surface area contributed by atoms with Crippen molar-refractivity contribution < 1.29 is 0 Å². The lowest BCUT2D eigenvalue weighted by atomic mass is 9.79. The zero-order chi connectivity index (χ0) is 33.8. The third kappa shape index (κ3) is 4.43. The van der Waals surface area contributed by atoms with Crippen molar-refractivity contribution in [3.63, 3.8) is 0 Å². The lowest BCUT2D eigenvalue weighted by molar-refractivity contribution is 0.711. The predicted molar refractivity (Wildman–Crippen MR) is 200 cm³/mol. The van der Waals surface area contributed by atoms with Crippen LogP contribution in [0.2, 0.25) is 0 Å². The molecule has 2 heterocycles. The van der Waals surface area contributed by atoms with Gasteiger partial charge in [-0.3, -0.25) is 0 Å². The van der Waals surface area contributed by atoms with E-state index in [1.165, 1.54) is 11.3 Å². The molecule has 9 rings (SSSR count). The largest absolute Gasteiger partial charge is 0.312 e. The second-order valence-corrected chi connectivity index (χ2v) is 13.2. The van der Waals surface area contributed by atoms with Gasteiger partial charge in [0.05, 0.1) is 52.0 Å². The first kappa shape index (κ1) is 29.5. The summed E-state index contributed by atoms with van der Waals surface area (Å²) < 4.78 is 4.60. The zero-order valence-corrected chi connectivity index (χ0v) is 27.3. The Bertz CT molecular complexity index is 2650. The molecule has 3 aliphatic rings. The molecule has 236 valence electrons. The van der Waals surface area contributed by atoms with Gasteiger partial charge in [0.1, 0.15) is 0 Å². The van der Waals surface area contributed by atoms with Crippen LogP contribution in [0.5, 0.6) is 0 Å². The molecule has 0 bridgehead atoms. The van der Waals surface area contributed by atoms with Crippen LogP contribution < -0.4 is 0 Å². The Morgan fingerprint density at radius 3 is 2.38 bits per heavy atom. The molecule has 6 aromatic rings. The van der Waals surface area contributed by atoms with E-state index in [9.17, 15) is 15.8 Å². The minimum Gasteiger partial charge on any atom is -0.312 e. The van der Waals surface area contributed by atoms with Gasteiger partial charge in [-0.05, 0) is 97.0 Å². The molecule has 50 heavy (non-hydrogen) atoms. The van der Waals surface area contributed by atoms with E-state index < -0.39 is 5.92 Å². The number of nitrogens with zero attached hydrogens (tertiary/aromatic N) is 5. The lowest BCUT2D eigenvalue weighted by Crippen LogP contribution is -2.14. The number of nitriles is 3. The average Bonchev–Trinajstić information content (AvgIpc) is 3.70. The van der Waals surface area contributed by atoms with E-state index in [2.05, 4.69) is 124 Å². The number of hydrogen-bond donors (Lipinski definition) is 0. The second kappa shape index (κ2) is 11.8. The van der Waals surface area contributed by atoms with Gasteiger partial charge in [0, 0.05) is 44.9 Å². The lowest BCUT2D eigenvalue weighted by Gasteiger charge is -2.26. The van der Waals surface area contributed by atoms with Crippen molar-refractivity contribution in [2.45, 2.75) is 31.6 Å². The van der Waals surface area contributed by atoms with E-state index in [4.69, 9.17) is 0 Å². The van der Waals surface area contributed by atoms with Gasteiger partial charge >= 0.3 is 0 Å². The molecular weight excluding hydrogens is 611 g/mol. The highest BCUT2D eigenvalue weighted by molar-refractivity contribution is 5.98. The van der Waals surface area contributed by atoms with Crippen LogP contribution in [-0.4, -0.2) is 9.13 Å². The smallest absolute Gasteiger partial charge is 0.0998 e. The van der Waals surface area contributed by atoms with Gasteiger partial charge in [0.2, 0.25) is 0 Å². The monoisotopic (exact) mass is 641 g/mol. The van der Waals surface area contributed by atoms with Crippen LogP contribution in [0, 0.1) is 39.9 Å². The fourth-order valence-corrected chi connectivity index (χ4v) is 8.38. The van der Waals surface area contributed by atoms with Crippen LogP contribution >= 0.6 is 0 Å². The number of aryl methyl sites for hydroxylation is 1. The fourth-order valence-electron chi connectivity index (χ4n) is 8.38. The quantitative estimate of drug-likeness (QED) is 0.192. The maximum Gasteiger partial charge on any atom is 0.0998 e. The summed E-state index contributed by atoms with van der Waals surface area (Å²) in [6, 6.07) is 36.2. The van der Waals surface area contributed by atoms with Crippen molar-refractivity contribution in [1.29, 1.82) is 15.8 Å². The maximum atomic E-state index is 10.7. The number of aromatic nitrogens is 2. The first-order valence-electron chi connectivity index (χ1n) is 17.2. The van der Waals surface area contributed by atoms with E-state index in [0.29, 0.717) is 11.1 Å². The van der Waals surface area contributed by atoms with Crippen LogP contribution in [0.15, 0.2) is 115 Å². The second-order valence-electron chi connectivity index (χ2n) is 13.2. The van der Waals surface area contributed by atoms with Crippen molar-refractivity contribution in [3.8, 4) is 35.0 Å². The molecule has 5 heteroatoms. The highest BCUT2D eigenvalue weighted by Crippen LogP contribution is 2.44. The molecule has 0 spiro atoms. The average molecular weight is 642 g/mol. The fraction of sp³-hybridized carbons (Fsp3) is 0.133. The third-order valence-corrected chi connectivity index (χ3v) is 10.5. The normalized spacial score (nSPS) is 17.5. The molecule has 0 radical (unpaired) electrons. The van der Waals surface area contributed by atoms with Crippen molar-refractivity contribution in [2.75, 3.05) is 0 Å². The Kier molecular flexibility index (Phi) is 6.98. The first-order valence-corrected chi connectivity index (χ1v) is 17.2. The van der Waals surface area contributed by atoms with Crippen LogP contribution in [-0.2, 0) is 12.8 Å². The molecule has 5 nitrogen and oxygen atoms in total. The Morgan fingerprint density at radius 2 is 1.52 bits per heavy atom. The summed E-state index contributed by atoms with van der Waals surface area (Å²) in [5.74, 6) is -0.555. The SMILES string of the molecule is N#Cc1ccc2c(c1)c1c(n2C2=CC(C#N)C(c3ccccc3-c3ccccc3-n3c4c(c5c(C#N)cccc53)C=CCC4)C=C2)C=CCC1. The van der Waals surface area contributed by atoms with Crippen LogP contribution in [0.3, 0.4) is 0 Å². The summed E-state index contributed by atoms with van der Waals surface area (Å²) in [7, 11) is 0. The summed E-state index contributed by atoms with van der Waals surface area (Å²) in [6.45, 7) is 0. The van der Waals surface area contributed by atoms with Gasteiger partial charge in [-0.2, -0.15) is 15.8 Å². The van der Waals surface area contributed by atoms with Gasteiger partial charge in [0.15, 0.2) is 0 Å². The topological polar surface area (TPSA) is 81.2 Å². The number of benzene rings is 4. The molecule has 4 aromatic carbocycles. The van der Waals surface area contributed by atoms with E-state index in [1.54, 1.807) is 0 Å². The summed E-state index contributed by atoms with van der Waals surface area (Å²) in [5, 5.41) is 32.5. The molecular formula is C45H31N5. The van der Waals surface area contributed by atoms with Gasteiger partial charge in [-0.25, -0.2) is 0 Å². The molecule has 0 amide bonds. The molecule has 2 aromatic heterocycles. The molecule has 0 saturated carbocycles. The number of hydrogen-bond acceptors (Lipinski definition) is 3. The maximum absolute atomic E-state index is 10.7. The van der Waals surface area contributed by atoms with E-state index in [-0.39, 0.29) is 5.92 Å². The predicted octanol–water partition coefficient (Wildman–Crippen LogP) is 10.2. The summed E-state index contributed by atoms with van der Waals surface area (Å²) in [4.78, 5) is 0. The van der Waals surface area contributed by atoms with Crippen molar-refractivity contribution >= 4 is 39.7 Å². The Hall–Kier alpha value is -6.61. The van der Waals surface area contributed by atoms with Crippen LogP contribution in [0.1, 0.15) is 58.0 Å². The number of rotatable bonds is 4. The molecule has 0 saturated heterocycles. The van der Waals surface area contributed by atoms with Gasteiger partial charge in [0.25, 0.3) is 0 Å². The van der Waals surface area contributed by atoms with Gasteiger partial charge < -0.3 is 9.13 Å². The molecule has 0 N–H and O–H groups in total. The van der Waals surface area contributed by atoms with Gasteiger partial charge in [-0.1, -0.05) is 72.8 Å². The molecule has 2 atom stereocenters. The zero-order valence-electron chi connectivity index (χ0n) is 27.3. The number of para-hydroxylation sites is 1. The third-order valence-electron chi connectivity index (χ3n) is 10.5. The standard InChI is InChI=1S/C45H31N5/c46-26-29-20-23-43-39(24-29)37-14-4-6-16-40(37)49(43)32-21-22-33(31(25-32)28-48)34-11-1-2-12-35(34)36-13-3-7-17-41(36)50-42-18-8-5-15-38(42)45-30(27-47)10-9-19-44(45)50/h1-3,5-7,9-13,15-17,19-25,31,33H,4,8,14,18H2. The molecule has 2 unspecified atom stereocenters. The van der Waals surface area contributed by atoms with E-state index in [0.717, 1.165) is 86.8 Å². The Labute approximate surface area is 290 Å².